The molecule has 1 aromatic carbocycles. The van der Waals surface area contributed by atoms with Crippen LogP contribution in [0, 0.1) is 5.92 Å². The van der Waals surface area contributed by atoms with E-state index >= 15 is 0 Å². The third kappa shape index (κ3) is 3.21. The Kier molecular flexibility index (Phi) is 4.70. The van der Waals surface area contributed by atoms with E-state index in [-0.39, 0.29) is 0 Å². The van der Waals surface area contributed by atoms with Gasteiger partial charge in [0.25, 0.3) is 0 Å². The lowest BCUT2D eigenvalue weighted by atomic mass is 9.97. The molecule has 2 unspecified atom stereocenters. The van der Waals surface area contributed by atoms with E-state index in [9.17, 15) is 0 Å². The molecule has 0 aromatic heterocycles. The first-order valence-electron chi connectivity index (χ1n) is 7.29. The molecule has 0 bridgehead atoms. The third-order valence-corrected chi connectivity index (χ3v) is 4.08. The van der Waals surface area contributed by atoms with Crippen LogP contribution < -0.4 is 15.0 Å². The molecule has 1 N–H and O–H groups in total. The second-order valence-corrected chi connectivity index (χ2v) is 5.68. The van der Waals surface area contributed by atoms with Gasteiger partial charge in [-0.25, -0.2) is 0 Å². The van der Waals surface area contributed by atoms with Crippen molar-refractivity contribution in [2.24, 2.45) is 5.92 Å². The standard InChI is InChI=1S/C16H26N2O/c1-5-13-11-18(16(10-17-13)12(2)3)14-7-6-8-15(9-14)19-4/h6-9,12-13,16-17H,5,10-11H2,1-4H3. The lowest BCUT2D eigenvalue weighted by Gasteiger charge is -2.44. The number of piperazine rings is 1. The summed E-state index contributed by atoms with van der Waals surface area (Å²) in [6, 6.07) is 9.56. The summed E-state index contributed by atoms with van der Waals surface area (Å²) in [5.41, 5.74) is 1.28. The summed E-state index contributed by atoms with van der Waals surface area (Å²) in [6.45, 7) is 8.98. The van der Waals surface area contributed by atoms with Crippen molar-refractivity contribution in [3.05, 3.63) is 24.3 Å². The van der Waals surface area contributed by atoms with Crippen molar-refractivity contribution in [1.82, 2.24) is 5.32 Å². The van der Waals surface area contributed by atoms with Crippen LogP contribution in [0.2, 0.25) is 0 Å². The fraction of sp³-hybridized carbons (Fsp3) is 0.625. The molecule has 1 saturated heterocycles. The van der Waals surface area contributed by atoms with E-state index in [2.05, 4.69) is 49.2 Å². The van der Waals surface area contributed by atoms with Gasteiger partial charge in [-0.2, -0.15) is 0 Å². The van der Waals surface area contributed by atoms with Crippen LogP contribution in [-0.4, -0.2) is 32.3 Å². The molecule has 2 atom stereocenters. The molecule has 3 heteroatoms. The number of hydrogen-bond donors (Lipinski definition) is 1. The molecule has 0 spiro atoms. The van der Waals surface area contributed by atoms with Crippen LogP contribution in [0.15, 0.2) is 24.3 Å². The smallest absolute Gasteiger partial charge is 0.120 e. The number of hydrogen-bond acceptors (Lipinski definition) is 3. The minimum absolute atomic E-state index is 0.551. The molecule has 1 aliphatic rings. The Hall–Kier alpha value is -1.22. The largest absolute Gasteiger partial charge is 0.497 e. The SMILES string of the molecule is CCC1CN(c2cccc(OC)c2)C(C(C)C)CN1. The monoisotopic (exact) mass is 262 g/mol. The van der Waals surface area contributed by atoms with Gasteiger partial charge in [0.15, 0.2) is 0 Å². The van der Waals surface area contributed by atoms with E-state index < -0.39 is 0 Å². The van der Waals surface area contributed by atoms with E-state index in [4.69, 9.17) is 4.74 Å². The van der Waals surface area contributed by atoms with Crippen LogP contribution in [0.3, 0.4) is 0 Å². The Morgan fingerprint density at radius 1 is 1.42 bits per heavy atom. The molecular formula is C16H26N2O. The van der Waals surface area contributed by atoms with Gasteiger partial charge < -0.3 is 15.0 Å². The predicted octanol–water partition coefficient (Wildman–Crippen LogP) is 2.91. The molecular weight excluding hydrogens is 236 g/mol. The maximum atomic E-state index is 5.35. The van der Waals surface area contributed by atoms with Crippen molar-refractivity contribution in [3.63, 3.8) is 0 Å². The van der Waals surface area contributed by atoms with Gasteiger partial charge in [-0.05, 0) is 24.5 Å². The minimum atomic E-state index is 0.551. The molecule has 1 aliphatic heterocycles. The van der Waals surface area contributed by atoms with Crippen molar-refractivity contribution in [3.8, 4) is 5.75 Å². The molecule has 0 saturated carbocycles. The second-order valence-electron chi connectivity index (χ2n) is 5.68. The van der Waals surface area contributed by atoms with E-state index in [1.165, 1.54) is 12.1 Å². The molecule has 2 rings (SSSR count). The highest BCUT2D eigenvalue weighted by Crippen LogP contribution is 2.27. The number of nitrogens with zero attached hydrogens (tertiary/aromatic N) is 1. The number of anilines is 1. The average molecular weight is 262 g/mol. The highest BCUT2D eigenvalue weighted by atomic mass is 16.5. The zero-order chi connectivity index (χ0) is 13.8. The number of nitrogens with one attached hydrogen (secondary N) is 1. The summed E-state index contributed by atoms with van der Waals surface area (Å²) >= 11 is 0. The zero-order valence-corrected chi connectivity index (χ0v) is 12.5. The Balaban J connectivity index is 2.25. The van der Waals surface area contributed by atoms with Crippen molar-refractivity contribution >= 4 is 5.69 Å². The number of methoxy groups -OCH3 is 1. The van der Waals surface area contributed by atoms with Crippen LogP contribution in [-0.2, 0) is 0 Å². The first kappa shape index (κ1) is 14.2. The van der Waals surface area contributed by atoms with Crippen molar-refractivity contribution in [2.45, 2.75) is 39.3 Å². The Morgan fingerprint density at radius 3 is 2.84 bits per heavy atom. The normalized spacial score (nSPS) is 23.7. The van der Waals surface area contributed by atoms with Gasteiger partial charge in [0.2, 0.25) is 0 Å². The Morgan fingerprint density at radius 2 is 2.21 bits per heavy atom. The van der Waals surface area contributed by atoms with Crippen LogP contribution in [0.25, 0.3) is 0 Å². The highest BCUT2D eigenvalue weighted by molar-refractivity contribution is 5.52. The maximum absolute atomic E-state index is 5.35. The molecule has 0 radical (unpaired) electrons. The zero-order valence-electron chi connectivity index (χ0n) is 12.5. The van der Waals surface area contributed by atoms with E-state index in [0.717, 1.165) is 18.8 Å². The van der Waals surface area contributed by atoms with Crippen LogP contribution >= 0.6 is 0 Å². The molecule has 1 heterocycles. The first-order valence-corrected chi connectivity index (χ1v) is 7.29. The van der Waals surface area contributed by atoms with E-state index in [1.807, 2.05) is 6.07 Å². The average Bonchev–Trinajstić information content (AvgIpc) is 2.46. The van der Waals surface area contributed by atoms with Crippen LogP contribution in [0.5, 0.6) is 5.75 Å². The van der Waals surface area contributed by atoms with Gasteiger partial charge in [0.05, 0.1) is 7.11 Å². The highest BCUT2D eigenvalue weighted by Gasteiger charge is 2.29. The molecule has 1 aromatic rings. The summed E-state index contributed by atoms with van der Waals surface area (Å²) < 4.78 is 5.35. The number of ether oxygens (including phenoxy) is 1. The second kappa shape index (κ2) is 6.29. The Bertz CT molecular complexity index is 405. The fourth-order valence-corrected chi connectivity index (χ4v) is 2.79. The minimum Gasteiger partial charge on any atom is -0.497 e. The van der Waals surface area contributed by atoms with Crippen molar-refractivity contribution in [2.75, 3.05) is 25.1 Å². The van der Waals surface area contributed by atoms with Gasteiger partial charge in [0.1, 0.15) is 5.75 Å². The quantitative estimate of drug-likeness (QED) is 0.903. The molecule has 3 nitrogen and oxygen atoms in total. The summed E-state index contributed by atoms with van der Waals surface area (Å²) in [6.07, 6.45) is 1.17. The predicted molar refractivity (Wildman–Crippen MR) is 81.0 cm³/mol. The van der Waals surface area contributed by atoms with E-state index in [0.29, 0.717) is 18.0 Å². The number of benzene rings is 1. The molecule has 106 valence electrons. The maximum Gasteiger partial charge on any atom is 0.120 e. The summed E-state index contributed by atoms with van der Waals surface area (Å²) in [5, 5.41) is 3.66. The molecule has 0 amide bonds. The van der Waals surface area contributed by atoms with Gasteiger partial charge >= 0.3 is 0 Å². The van der Waals surface area contributed by atoms with Crippen LogP contribution in [0.4, 0.5) is 5.69 Å². The van der Waals surface area contributed by atoms with Crippen LogP contribution in [0.1, 0.15) is 27.2 Å². The lowest BCUT2D eigenvalue weighted by molar-refractivity contribution is 0.333. The van der Waals surface area contributed by atoms with Gasteiger partial charge in [-0.15, -0.1) is 0 Å². The fourth-order valence-electron chi connectivity index (χ4n) is 2.79. The van der Waals surface area contributed by atoms with Gasteiger partial charge in [-0.1, -0.05) is 26.8 Å². The summed E-state index contributed by atoms with van der Waals surface area (Å²) in [4.78, 5) is 2.54. The summed E-state index contributed by atoms with van der Waals surface area (Å²) in [7, 11) is 1.73. The number of rotatable bonds is 4. The van der Waals surface area contributed by atoms with Gasteiger partial charge in [0, 0.05) is 36.9 Å². The van der Waals surface area contributed by atoms with Gasteiger partial charge in [-0.3, -0.25) is 0 Å². The summed E-state index contributed by atoms with van der Waals surface area (Å²) in [5.74, 6) is 1.57. The topological polar surface area (TPSA) is 24.5 Å². The Labute approximate surface area is 116 Å². The molecule has 19 heavy (non-hydrogen) atoms. The van der Waals surface area contributed by atoms with E-state index in [1.54, 1.807) is 7.11 Å². The van der Waals surface area contributed by atoms with Crippen molar-refractivity contribution in [1.29, 1.82) is 0 Å². The lowest BCUT2D eigenvalue weighted by Crippen LogP contribution is -2.58. The first-order chi connectivity index (χ1) is 9.15. The molecule has 1 fully saturated rings. The third-order valence-electron chi connectivity index (χ3n) is 4.08. The molecule has 0 aliphatic carbocycles. The van der Waals surface area contributed by atoms with Crippen molar-refractivity contribution < 1.29 is 4.74 Å².